The Morgan fingerprint density at radius 1 is 1.26 bits per heavy atom. The van der Waals surface area contributed by atoms with E-state index in [0.29, 0.717) is 0 Å². The fourth-order valence-electron chi connectivity index (χ4n) is 2.88. The Labute approximate surface area is 113 Å². The van der Waals surface area contributed by atoms with Crippen molar-refractivity contribution in [3.05, 3.63) is 0 Å². The Kier molecular flexibility index (Phi) is 3.47. The number of ether oxygens (including phenoxy) is 2. The lowest BCUT2D eigenvalue weighted by Crippen LogP contribution is -2.51. The van der Waals surface area contributed by atoms with Crippen molar-refractivity contribution in [2.45, 2.75) is 57.3 Å². The van der Waals surface area contributed by atoms with Crippen molar-refractivity contribution in [3.8, 4) is 0 Å². The fraction of sp³-hybridized carbons (Fsp3) is 0.846. The van der Waals surface area contributed by atoms with Gasteiger partial charge in [-0.05, 0) is 39.5 Å². The molecule has 6 heteroatoms. The second-order valence-corrected chi connectivity index (χ2v) is 6.24. The Balaban J connectivity index is 2.20. The summed E-state index contributed by atoms with van der Waals surface area (Å²) in [4.78, 5) is 25.6. The van der Waals surface area contributed by atoms with Gasteiger partial charge in [0.2, 0.25) is 0 Å². The number of esters is 1. The molecular weight excluding hydrogens is 248 g/mol. The highest BCUT2D eigenvalue weighted by Gasteiger charge is 2.57. The molecule has 0 bridgehead atoms. The van der Waals surface area contributed by atoms with Gasteiger partial charge in [-0.25, -0.2) is 9.59 Å². The number of hydrogen-bond donors (Lipinski definition) is 1. The zero-order chi connectivity index (χ0) is 14.4. The quantitative estimate of drug-likeness (QED) is 0.715. The van der Waals surface area contributed by atoms with Gasteiger partial charge in [0.1, 0.15) is 11.6 Å². The van der Waals surface area contributed by atoms with Crippen LogP contribution < -0.4 is 5.73 Å². The monoisotopic (exact) mass is 270 g/mol. The van der Waals surface area contributed by atoms with E-state index in [1.54, 1.807) is 20.8 Å². The van der Waals surface area contributed by atoms with Gasteiger partial charge in [-0.2, -0.15) is 0 Å². The highest BCUT2D eigenvalue weighted by Crippen LogP contribution is 2.43. The van der Waals surface area contributed by atoms with E-state index >= 15 is 0 Å². The molecule has 4 atom stereocenters. The third kappa shape index (κ3) is 2.41. The van der Waals surface area contributed by atoms with Gasteiger partial charge in [0.25, 0.3) is 0 Å². The second-order valence-electron chi connectivity index (χ2n) is 6.24. The molecule has 2 fully saturated rings. The maximum absolute atomic E-state index is 12.3. The van der Waals surface area contributed by atoms with Gasteiger partial charge in [0.15, 0.2) is 0 Å². The lowest BCUT2D eigenvalue weighted by atomic mass is 9.77. The number of amides is 1. The van der Waals surface area contributed by atoms with Crippen molar-refractivity contribution in [1.29, 1.82) is 0 Å². The fourth-order valence-corrected chi connectivity index (χ4v) is 2.88. The number of likely N-dealkylation sites (tertiary alicyclic amines) is 1. The van der Waals surface area contributed by atoms with Crippen LogP contribution in [0, 0.1) is 5.92 Å². The molecule has 1 amide bonds. The maximum atomic E-state index is 12.3. The van der Waals surface area contributed by atoms with E-state index in [0.717, 1.165) is 12.8 Å². The standard InChI is InChI=1S/C13H22N2O4/c1-13(2,3)19-12(17)15-8-6-5-7(8)9(14)10(15)11(16)18-4/h7-10H,5-6,14H2,1-4H3/t7-,8+,9-,10+/m0/s1. The lowest BCUT2D eigenvalue weighted by molar-refractivity contribution is -0.146. The van der Waals surface area contributed by atoms with Crippen LogP contribution in [0.3, 0.4) is 0 Å². The summed E-state index contributed by atoms with van der Waals surface area (Å²) in [6.07, 6.45) is 1.33. The number of fused-ring (bicyclic) bond motifs is 1. The third-order valence-electron chi connectivity index (χ3n) is 3.85. The number of methoxy groups -OCH3 is 1. The van der Waals surface area contributed by atoms with Gasteiger partial charge in [0.05, 0.1) is 7.11 Å². The van der Waals surface area contributed by atoms with E-state index < -0.39 is 23.7 Å². The molecular formula is C13H22N2O4. The molecule has 2 N–H and O–H groups in total. The van der Waals surface area contributed by atoms with E-state index in [2.05, 4.69) is 0 Å². The van der Waals surface area contributed by atoms with Crippen LogP contribution in [0.5, 0.6) is 0 Å². The van der Waals surface area contributed by atoms with Crippen LogP contribution in [0.1, 0.15) is 33.6 Å². The van der Waals surface area contributed by atoms with Crippen LogP contribution in [0.25, 0.3) is 0 Å². The molecule has 1 saturated carbocycles. The summed E-state index contributed by atoms with van der Waals surface area (Å²) in [7, 11) is 1.31. The summed E-state index contributed by atoms with van der Waals surface area (Å²) in [5.41, 5.74) is 5.49. The van der Waals surface area contributed by atoms with Crippen molar-refractivity contribution >= 4 is 12.1 Å². The highest BCUT2D eigenvalue weighted by molar-refractivity contribution is 5.83. The predicted molar refractivity (Wildman–Crippen MR) is 68.4 cm³/mol. The minimum atomic E-state index is -0.725. The molecule has 2 aliphatic rings. The van der Waals surface area contributed by atoms with E-state index in [1.165, 1.54) is 12.0 Å². The summed E-state index contributed by atoms with van der Waals surface area (Å²) >= 11 is 0. The smallest absolute Gasteiger partial charge is 0.411 e. The topological polar surface area (TPSA) is 81.9 Å². The molecule has 1 aliphatic heterocycles. The molecule has 0 spiro atoms. The first-order chi connectivity index (χ1) is 8.76. The van der Waals surface area contributed by atoms with Crippen LogP contribution in [-0.2, 0) is 14.3 Å². The maximum Gasteiger partial charge on any atom is 0.411 e. The number of carbonyl (C=O) groups is 2. The van der Waals surface area contributed by atoms with Crippen molar-refractivity contribution in [1.82, 2.24) is 4.90 Å². The Hall–Kier alpha value is -1.30. The Bertz CT molecular complexity index is 391. The van der Waals surface area contributed by atoms with Crippen LogP contribution in [-0.4, -0.2) is 47.8 Å². The zero-order valence-corrected chi connectivity index (χ0v) is 11.9. The first-order valence-corrected chi connectivity index (χ1v) is 6.61. The van der Waals surface area contributed by atoms with Crippen molar-refractivity contribution in [2.75, 3.05) is 7.11 Å². The molecule has 0 radical (unpaired) electrons. The molecule has 19 heavy (non-hydrogen) atoms. The summed E-state index contributed by atoms with van der Waals surface area (Å²) in [6.45, 7) is 5.39. The van der Waals surface area contributed by atoms with Crippen LogP contribution >= 0.6 is 0 Å². The molecule has 1 saturated heterocycles. The minimum absolute atomic E-state index is 0.00829. The van der Waals surface area contributed by atoms with Gasteiger partial charge >= 0.3 is 12.1 Å². The molecule has 0 aromatic carbocycles. The van der Waals surface area contributed by atoms with Crippen molar-refractivity contribution in [3.63, 3.8) is 0 Å². The number of nitrogens with zero attached hydrogens (tertiary/aromatic N) is 1. The first-order valence-electron chi connectivity index (χ1n) is 6.61. The molecule has 6 nitrogen and oxygen atoms in total. The molecule has 1 aliphatic carbocycles. The average molecular weight is 270 g/mol. The molecule has 108 valence electrons. The predicted octanol–water partition coefficient (Wildman–Crippen LogP) is 0.885. The number of nitrogens with two attached hydrogens (primary N) is 1. The molecule has 1 heterocycles. The molecule has 0 unspecified atom stereocenters. The van der Waals surface area contributed by atoms with Crippen molar-refractivity contribution in [2.24, 2.45) is 11.7 Å². The number of carbonyl (C=O) groups excluding carboxylic acids is 2. The van der Waals surface area contributed by atoms with E-state index in [9.17, 15) is 9.59 Å². The lowest BCUT2D eigenvalue weighted by Gasteiger charge is -2.37. The third-order valence-corrected chi connectivity index (χ3v) is 3.85. The summed E-state index contributed by atoms with van der Waals surface area (Å²) in [5.74, 6) is -0.288. The largest absolute Gasteiger partial charge is 0.467 e. The van der Waals surface area contributed by atoms with Gasteiger partial charge < -0.3 is 15.2 Å². The SMILES string of the molecule is COC(=O)[C@H]1[C@@H](N)[C@H]2CC[C@H]2N1C(=O)OC(C)(C)C. The number of rotatable bonds is 1. The van der Waals surface area contributed by atoms with Gasteiger partial charge in [0, 0.05) is 12.1 Å². The summed E-state index contributed by atoms with van der Waals surface area (Å²) in [5, 5.41) is 0. The summed E-state index contributed by atoms with van der Waals surface area (Å²) < 4.78 is 10.1. The number of hydrogen-bond acceptors (Lipinski definition) is 5. The van der Waals surface area contributed by atoms with Crippen LogP contribution in [0.2, 0.25) is 0 Å². The highest BCUT2D eigenvalue weighted by atomic mass is 16.6. The van der Waals surface area contributed by atoms with E-state index in [-0.39, 0.29) is 18.0 Å². The van der Waals surface area contributed by atoms with Gasteiger partial charge in [-0.15, -0.1) is 0 Å². The normalized spacial score (nSPS) is 33.4. The minimum Gasteiger partial charge on any atom is -0.467 e. The van der Waals surface area contributed by atoms with E-state index in [4.69, 9.17) is 15.2 Å². The second kappa shape index (κ2) is 4.67. The molecule has 0 aromatic heterocycles. The van der Waals surface area contributed by atoms with Crippen LogP contribution in [0.4, 0.5) is 4.79 Å². The van der Waals surface area contributed by atoms with Gasteiger partial charge in [-0.3, -0.25) is 4.90 Å². The first kappa shape index (κ1) is 14.1. The Morgan fingerprint density at radius 2 is 1.89 bits per heavy atom. The van der Waals surface area contributed by atoms with Crippen LogP contribution in [0.15, 0.2) is 0 Å². The molecule has 2 rings (SSSR count). The zero-order valence-electron chi connectivity index (χ0n) is 11.9. The Morgan fingerprint density at radius 3 is 2.32 bits per heavy atom. The van der Waals surface area contributed by atoms with Crippen molar-refractivity contribution < 1.29 is 19.1 Å². The van der Waals surface area contributed by atoms with E-state index in [1.807, 2.05) is 0 Å². The van der Waals surface area contributed by atoms with Gasteiger partial charge in [-0.1, -0.05) is 0 Å². The summed E-state index contributed by atoms with van der Waals surface area (Å²) in [6, 6.07) is -1.08. The average Bonchev–Trinajstić information content (AvgIpc) is 2.42. The molecule has 0 aromatic rings.